The molecule has 1 aliphatic rings. The molecule has 0 aliphatic carbocycles. The number of ether oxygens (including phenoxy) is 4. The number of hydrogen-bond acceptors (Lipinski definition) is 17. The second kappa shape index (κ2) is 27.6. The molecule has 24 heteroatoms. The van der Waals surface area contributed by atoms with E-state index in [2.05, 4.69) is 5.32 Å². The standard InChI is InChI=1S/C19H24N4O2.C17H18N2O6.2C2H6O4S/c20-18(21)14-4-8-16(9-5-14)24-12-2-1-3-13-25-17-10-6-15(7-11-17)19(22)23;1-9-13(16(20)24-3)15(14(10(2)18-9)17(21)25-4)11-7-5-6-8-12(11)19(22)23;2*3-1-2-7(4,5)6/h4-11H,1-3,12-13H2,(H3,20,21)(H3,22,23);5-8,15,18H,1-4H3;2*3H,1-2H2,(H,4,5,6). The number of nitrogens with zero attached hydrogens (tertiary/aromatic N) is 1. The molecule has 0 radical (unpaired) electrons. The first kappa shape index (κ1) is 55.6. The van der Waals surface area contributed by atoms with Crippen molar-refractivity contribution in [1.29, 1.82) is 10.8 Å². The minimum atomic E-state index is -3.92. The Morgan fingerprint density at radius 3 is 1.38 bits per heavy atom. The normalized spacial score (nSPS) is 12.4. The van der Waals surface area contributed by atoms with Crippen molar-refractivity contribution >= 4 is 49.5 Å². The summed E-state index contributed by atoms with van der Waals surface area (Å²) >= 11 is 0. The highest BCUT2D eigenvalue weighted by Gasteiger charge is 2.40. The van der Waals surface area contributed by atoms with Crippen molar-refractivity contribution in [1.82, 2.24) is 5.32 Å². The maximum atomic E-state index is 12.3. The van der Waals surface area contributed by atoms with Gasteiger partial charge in [0.05, 0.1) is 74.1 Å². The Labute approximate surface area is 370 Å². The molecular weight excluding hydrogens is 885 g/mol. The van der Waals surface area contributed by atoms with Crippen LogP contribution in [-0.4, -0.2) is 117 Å². The molecule has 22 nitrogen and oxygen atoms in total. The number of dihydropyridines is 1. The molecule has 11 N–H and O–H groups in total. The Morgan fingerprint density at radius 2 is 1.08 bits per heavy atom. The number of benzene rings is 3. The highest BCUT2D eigenvalue weighted by atomic mass is 32.2. The minimum absolute atomic E-state index is 0.0579. The van der Waals surface area contributed by atoms with E-state index in [4.69, 9.17) is 60.6 Å². The van der Waals surface area contributed by atoms with E-state index in [-0.39, 0.29) is 34.1 Å². The van der Waals surface area contributed by atoms with Gasteiger partial charge in [-0.05, 0) is 81.6 Å². The third kappa shape index (κ3) is 20.2. The molecule has 0 spiro atoms. The quantitative estimate of drug-likeness (QED) is 0.0168. The van der Waals surface area contributed by atoms with Crippen molar-refractivity contribution in [3.63, 3.8) is 0 Å². The average molecular weight is 939 g/mol. The summed E-state index contributed by atoms with van der Waals surface area (Å²) in [6.07, 6.45) is 2.90. The number of nitrogens with two attached hydrogens (primary N) is 2. The number of methoxy groups -OCH3 is 2. The van der Waals surface area contributed by atoms with Gasteiger partial charge in [-0.25, -0.2) is 9.59 Å². The zero-order valence-corrected chi connectivity index (χ0v) is 37.1. The van der Waals surface area contributed by atoms with Gasteiger partial charge in [0.2, 0.25) is 0 Å². The number of para-hydroxylation sites is 1. The summed E-state index contributed by atoms with van der Waals surface area (Å²) in [7, 11) is -5.43. The topological polar surface area (TPSA) is 375 Å². The zero-order valence-electron chi connectivity index (χ0n) is 35.5. The van der Waals surface area contributed by atoms with Gasteiger partial charge in [0, 0.05) is 34.2 Å². The van der Waals surface area contributed by atoms with Crippen LogP contribution in [0.4, 0.5) is 5.69 Å². The summed E-state index contributed by atoms with van der Waals surface area (Å²) in [5.74, 6) is -1.80. The molecule has 0 atom stereocenters. The maximum Gasteiger partial charge on any atom is 0.336 e. The van der Waals surface area contributed by atoms with Crippen molar-refractivity contribution in [2.24, 2.45) is 11.5 Å². The largest absolute Gasteiger partial charge is 0.494 e. The minimum Gasteiger partial charge on any atom is -0.494 e. The van der Waals surface area contributed by atoms with E-state index in [1.165, 1.54) is 32.4 Å². The fourth-order valence-corrected chi connectivity index (χ4v) is 5.88. The first-order valence-electron chi connectivity index (χ1n) is 18.9. The molecule has 0 saturated carbocycles. The molecule has 0 aromatic heterocycles. The molecule has 4 rings (SSSR count). The number of rotatable bonds is 18. The van der Waals surface area contributed by atoms with Crippen LogP contribution in [-0.2, 0) is 39.3 Å². The van der Waals surface area contributed by atoms with Gasteiger partial charge >= 0.3 is 11.9 Å². The average Bonchev–Trinajstić information content (AvgIpc) is 3.22. The number of allylic oxidation sites excluding steroid dienone is 2. The van der Waals surface area contributed by atoms with Crippen LogP contribution in [0.5, 0.6) is 11.5 Å². The van der Waals surface area contributed by atoms with E-state index in [1.54, 1.807) is 44.2 Å². The molecule has 3 aromatic carbocycles. The lowest BCUT2D eigenvalue weighted by atomic mass is 9.79. The molecular formula is C40H54N6O16S2. The second-order valence-corrected chi connectivity index (χ2v) is 16.2. The summed E-state index contributed by atoms with van der Waals surface area (Å²) in [4.78, 5) is 35.6. The fraction of sp³-hybridized carbons (Fsp3) is 0.350. The highest BCUT2D eigenvalue weighted by molar-refractivity contribution is 7.86. The molecule has 0 amide bonds. The van der Waals surface area contributed by atoms with E-state index in [0.717, 1.165) is 30.8 Å². The van der Waals surface area contributed by atoms with Gasteiger partial charge in [-0.15, -0.1) is 0 Å². The van der Waals surface area contributed by atoms with Crippen molar-refractivity contribution in [2.45, 2.75) is 39.0 Å². The molecule has 3 aromatic rings. The number of nitrogens with one attached hydrogen (secondary N) is 3. The van der Waals surface area contributed by atoms with Crippen molar-refractivity contribution in [3.05, 3.63) is 122 Å². The number of carbonyl (C=O) groups is 2. The lowest BCUT2D eigenvalue weighted by molar-refractivity contribution is -0.385. The monoisotopic (exact) mass is 938 g/mol. The Balaban J connectivity index is 0.000000494. The van der Waals surface area contributed by atoms with Crippen LogP contribution in [0.25, 0.3) is 0 Å². The van der Waals surface area contributed by atoms with E-state index >= 15 is 0 Å². The molecule has 0 unspecified atom stereocenters. The lowest BCUT2D eigenvalue weighted by Crippen LogP contribution is -2.32. The highest BCUT2D eigenvalue weighted by Crippen LogP contribution is 2.42. The van der Waals surface area contributed by atoms with Gasteiger partial charge in [-0.2, -0.15) is 16.8 Å². The smallest absolute Gasteiger partial charge is 0.336 e. The summed E-state index contributed by atoms with van der Waals surface area (Å²) in [5.41, 5.74) is 13.4. The van der Waals surface area contributed by atoms with Gasteiger partial charge in [0.1, 0.15) is 23.2 Å². The Bertz CT molecular complexity index is 2200. The van der Waals surface area contributed by atoms with Crippen molar-refractivity contribution in [2.75, 3.05) is 52.2 Å². The lowest BCUT2D eigenvalue weighted by Gasteiger charge is -2.29. The number of nitrogen functional groups attached to an aromatic ring is 2. The second-order valence-electron chi connectivity index (χ2n) is 13.1. The number of aliphatic hydroxyl groups excluding tert-OH is 2. The van der Waals surface area contributed by atoms with E-state index in [9.17, 15) is 36.5 Å². The first-order valence-corrected chi connectivity index (χ1v) is 22.1. The number of amidine groups is 2. The van der Waals surface area contributed by atoms with Gasteiger partial charge in [0.25, 0.3) is 25.9 Å². The molecule has 64 heavy (non-hydrogen) atoms. The fourth-order valence-electron chi connectivity index (χ4n) is 5.42. The maximum absolute atomic E-state index is 12.3. The SMILES string of the molecule is COC(=O)C1=C(C)NC(C)=C(C(=O)OC)C1c1ccccc1[N+](=O)[O-].N=C(N)c1ccc(OCCCCCOc2ccc(C(=N)N)cc2)cc1.O=S(=O)(O)CCO.O=S(=O)(O)CCO. The molecule has 1 aliphatic heterocycles. The van der Waals surface area contributed by atoms with Crippen LogP contribution in [0, 0.1) is 20.9 Å². The summed E-state index contributed by atoms with van der Waals surface area (Å²) in [6.45, 7) is 3.52. The number of hydrogen-bond donors (Lipinski definition) is 9. The summed E-state index contributed by atoms with van der Waals surface area (Å²) in [6, 6.07) is 20.4. The van der Waals surface area contributed by atoms with Crippen LogP contribution >= 0.6 is 0 Å². The molecule has 0 bridgehead atoms. The molecule has 1 heterocycles. The number of nitro benzene ring substituents is 1. The predicted molar refractivity (Wildman–Crippen MR) is 235 cm³/mol. The predicted octanol–water partition coefficient (Wildman–Crippen LogP) is 2.79. The number of unbranched alkanes of at least 4 members (excludes halogenated alkanes) is 2. The molecule has 0 fully saturated rings. The van der Waals surface area contributed by atoms with E-state index in [0.29, 0.717) is 35.7 Å². The zero-order chi connectivity index (χ0) is 48.6. The third-order valence-corrected chi connectivity index (χ3v) is 9.77. The van der Waals surface area contributed by atoms with Crippen LogP contribution in [0.3, 0.4) is 0 Å². The Morgan fingerprint density at radius 1 is 0.703 bits per heavy atom. The number of esters is 2. The number of nitro groups is 1. The summed E-state index contributed by atoms with van der Waals surface area (Å²) in [5, 5.41) is 44.8. The van der Waals surface area contributed by atoms with Crippen LogP contribution in [0.15, 0.2) is 95.3 Å². The van der Waals surface area contributed by atoms with Crippen LogP contribution in [0.2, 0.25) is 0 Å². The van der Waals surface area contributed by atoms with Gasteiger partial charge < -0.3 is 45.9 Å². The van der Waals surface area contributed by atoms with Gasteiger partial charge in [-0.3, -0.25) is 30.0 Å². The van der Waals surface area contributed by atoms with Crippen LogP contribution < -0.4 is 26.3 Å². The van der Waals surface area contributed by atoms with Crippen molar-refractivity contribution < 1.29 is 69.6 Å². The Hall–Kier alpha value is -6.44. The first-order chi connectivity index (χ1) is 30.0. The number of aliphatic hydroxyl groups is 2. The van der Waals surface area contributed by atoms with E-state index < -0.39 is 67.7 Å². The number of carbonyl (C=O) groups excluding carboxylic acids is 2. The Kier molecular flexibility index (Phi) is 24.0. The molecule has 0 saturated heterocycles. The van der Waals surface area contributed by atoms with E-state index in [1.807, 2.05) is 24.3 Å². The van der Waals surface area contributed by atoms with Gasteiger partial charge in [-0.1, -0.05) is 18.2 Å². The van der Waals surface area contributed by atoms with Gasteiger partial charge in [0.15, 0.2) is 0 Å². The summed E-state index contributed by atoms with van der Waals surface area (Å²) < 4.78 is 75.1. The third-order valence-electron chi connectivity index (χ3n) is 8.37. The van der Waals surface area contributed by atoms with Crippen LogP contribution in [0.1, 0.15) is 55.7 Å². The van der Waals surface area contributed by atoms with Crippen molar-refractivity contribution in [3.8, 4) is 11.5 Å². The molecule has 352 valence electrons.